The Morgan fingerprint density at radius 1 is 1.14 bits per heavy atom. The molecule has 118 valence electrons. The lowest BCUT2D eigenvalue weighted by atomic mass is 9.86. The minimum Gasteiger partial charge on any atom is -0.351 e. The molecule has 1 aromatic carbocycles. The maximum Gasteiger partial charge on any atom is 0.0861 e. The van der Waals surface area contributed by atoms with Crippen molar-refractivity contribution < 1.29 is 2.74 Å². The van der Waals surface area contributed by atoms with Crippen LogP contribution in [-0.4, -0.2) is 29.6 Å². The Kier molecular flexibility index (Phi) is 3.17. The monoisotopic (exact) mass is 298 g/mol. The van der Waals surface area contributed by atoms with Crippen LogP contribution in [0.4, 0.5) is 5.69 Å². The molecule has 2 nitrogen and oxygen atoms in total. The molecule has 2 aliphatic heterocycles. The Hall–Kier alpha value is -1.28. The molecule has 1 saturated heterocycles. The summed E-state index contributed by atoms with van der Waals surface area (Å²) in [5.74, 6) is 0.556. The van der Waals surface area contributed by atoms with E-state index in [1.807, 2.05) is 0 Å². The van der Waals surface area contributed by atoms with Crippen LogP contribution in [0.2, 0.25) is 0 Å². The predicted molar refractivity (Wildman–Crippen MR) is 93.1 cm³/mol. The minimum atomic E-state index is -1.33. The average molecular weight is 298 g/mol. The smallest absolute Gasteiger partial charge is 0.0861 e. The van der Waals surface area contributed by atoms with Gasteiger partial charge in [0.25, 0.3) is 0 Å². The number of fused-ring (bicyclic) bond motifs is 1. The zero-order valence-electron chi connectivity index (χ0n) is 15.7. The highest BCUT2D eigenvalue weighted by molar-refractivity contribution is 5.56. The zero-order chi connectivity index (χ0) is 16.9. The van der Waals surface area contributed by atoms with Crippen molar-refractivity contribution in [3.8, 4) is 0 Å². The quantitative estimate of drug-likeness (QED) is 0.749. The molecule has 1 aromatic rings. The molecule has 4 rings (SSSR count). The van der Waals surface area contributed by atoms with E-state index in [1.54, 1.807) is 6.08 Å². The molecular weight excluding hydrogens is 268 g/mol. The molecule has 0 amide bonds. The highest BCUT2D eigenvalue weighted by Gasteiger charge is 2.48. The van der Waals surface area contributed by atoms with Crippen LogP contribution in [0.1, 0.15) is 47.3 Å². The molecule has 1 aliphatic carbocycles. The molecule has 22 heavy (non-hydrogen) atoms. The van der Waals surface area contributed by atoms with Gasteiger partial charge in [0, 0.05) is 21.0 Å². The second kappa shape index (κ2) is 5.73. The zero-order valence-corrected chi connectivity index (χ0v) is 13.7. The maximum absolute atomic E-state index is 8.54. The van der Waals surface area contributed by atoms with Crippen LogP contribution in [0.25, 0.3) is 0 Å². The van der Waals surface area contributed by atoms with Crippen LogP contribution >= 0.6 is 0 Å². The number of rotatable bonds is 2. The summed E-state index contributed by atoms with van der Waals surface area (Å²) in [6.07, 6.45) is 10.4. The summed E-state index contributed by atoms with van der Waals surface area (Å²) in [4.78, 5) is 4.68. The van der Waals surface area contributed by atoms with Crippen molar-refractivity contribution in [1.82, 2.24) is 4.90 Å². The topological polar surface area (TPSA) is 6.48 Å². The van der Waals surface area contributed by atoms with Crippen LogP contribution in [0.3, 0.4) is 0 Å². The van der Waals surface area contributed by atoms with Crippen LogP contribution < -0.4 is 4.90 Å². The van der Waals surface area contributed by atoms with Crippen molar-refractivity contribution in [3.05, 3.63) is 42.0 Å². The van der Waals surface area contributed by atoms with E-state index in [-0.39, 0.29) is 12.2 Å². The number of aryl methyl sites for hydroxylation is 1. The van der Waals surface area contributed by atoms with Crippen LogP contribution in [0.5, 0.6) is 0 Å². The molecule has 0 radical (unpaired) electrons. The SMILES string of the molecule is [2H]C1([2H])C=CC2[C@H](C)N(c3ccccc3C)C(C3CCCCC3)N21. The van der Waals surface area contributed by atoms with Gasteiger partial charge >= 0.3 is 0 Å². The van der Waals surface area contributed by atoms with Crippen molar-refractivity contribution >= 4 is 5.69 Å². The fourth-order valence-electron chi connectivity index (χ4n) is 4.69. The number of nitrogens with zero attached hydrogens (tertiary/aromatic N) is 2. The fourth-order valence-corrected chi connectivity index (χ4v) is 4.69. The first-order chi connectivity index (χ1) is 11.5. The molecule has 0 aromatic heterocycles. The number of anilines is 1. The van der Waals surface area contributed by atoms with Gasteiger partial charge in [0.1, 0.15) is 0 Å². The lowest BCUT2D eigenvalue weighted by Crippen LogP contribution is -2.46. The Bertz CT molecular complexity index is 636. The molecule has 2 heterocycles. The molecule has 0 bridgehead atoms. The van der Waals surface area contributed by atoms with Gasteiger partial charge in [-0.15, -0.1) is 0 Å². The van der Waals surface area contributed by atoms with Crippen molar-refractivity contribution in [1.29, 1.82) is 0 Å². The summed E-state index contributed by atoms with van der Waals surface area (Å²) < 4.78 is 17.1. The number of benzene rings is 1. The van der Waals surface area contributed by atoms with Gasteiger partial charge in [0.2, 0.25) is 0 Å². The van der Waals surface area contributed by atoms with Crippen LogP contribution in [0.15, 0.2) is 36.4 Å². The molecular formula is C20H28N2. The fraction of sp³-hybridized carbons (Fsp3) is 0.600. The third-order valence-electron chi connectivity index (χ3n) is 5.81. The van der Waals surface area contributed by atoms with Gasteiger partial charge in [0.05, 0.1) is 12.2 Å². The van der Waals surface area contributed by atoms with Crippen LogP contribution in [0, 0.1) is 12.8 Å². The Labute approximate surface area is 137 Å². The van der Waals surface area contributed by atoms with Gasteiger partial charge in [-0.2, -0.15) is 0 Å². The molecule has 2 fully saturated rings. The van der Waals surface area contributed by atoms with E-state index in [2.05, 4.69) is 54.0 Å². The van der Waals surface area contributed by atoms with E-state index in [0.29, 0.717) is 12.0 Å². The van der Waals surface area contributed by atoms with Crippen molar-refractivity contribution in [3.63, 3.8) is 0 Å². The second-order valence-electron chi connectivity index (χ2n) is 7.13. The lowest BCUT2D eigenvalue weighted by molar-refractivity contribution is 0.160. The molecule has 2 unspecified atom stereocenters. The normalized spacial score (nSPS) is 36.3. The summed E-state index contributed by atoms with van der Waals surface area (Å²) in [7, 11) is 0. The van der Waals surface area contributed by atoms with Gasteiger partial charge in [-0.1, -0.05) is 49.6 Å². The predicted octanol–water partition coefficient (Wildman–Crippen LogP) is 4.35. The Balaban J connectivity index is 1.78. The van der Waals surface area contributed by atoms with E-state index < -0.39 is 6.50 Å². The van der Waals surface area contributed by atoms with Crippen LogP contribution in [-0.2, 0) is 0 Å². The van der Waals surface area contributed by atoms with Gasteiger partial charge < -0.3 is 4.90 Å². The average Bonchev–Trinajstić information content (AvgIpc) is 3.05. The first kappa shape index (κ1) is 12.2. The van der Waals surface area contributed by atoms with Crippen molar-refractivity contribution in [2.75, 3.05) is 11.4 Å². The molecule has 2 heteroatoms. The highest BCUT2D eigenvalue weighted by atomic mass is 15.5. The third kappa shape index (κ3) is 2.20. The van der Waals surface area contributed by atoms with Crippen molar-refractivity contribution in [2.24, 2.45) is 5.92 Å². The van der Waals surface area contributed by atoms with E-state index in [1.165, 1.54) is 43.4 Å². The van der Waals surface area contributed by atoms with Gasteiger partial charge in [-0.25, -0.2) is 0 Å². The number of hydrogen-bond acceptors (Lipinski definition) is 2. The van der Waals surface area contributed by atoms with Gasteiger partial charge in [0.15, 0.2) is 0 Å². The first-order valence-electron chi connectivity index (χ1n) is 9.82. The van der Waals surface area contributed by atoms with E-state index in [9.17, 15) is 0 Å². The Morgan fingerprint density at radius 2 is 1.91 bits per heavy atom. The summed E-state index contributed by atoms with van der Waals surface area (Å²) >= 11 is 0. The lowest BCUT2D eigenvalue weighted by Gasteiger charge is -2.40. The van der Waals surface area contributed by atoms with E-state index in [4.69, 9.17) is 2.74 Å². The van der Waals surface area contributed by atoms with Crippen molar-refractivity contribution in [2.45, 2.75) is 64.2 Å². The molecule has 1 saturated carbocycles. The summed E-state index contributed by atoms with van der Waals surface area (Å²) in [5, 5.41) is 0. The largest absolute Gasteiger partial charge is 0.351 e. The molecule has 3 aliphatic rings. The van der Waals surface area contributed by atoms with E-state index in [0.717, 1.165) is 0 Å². The summed E-state index contributed by atoms with van der Waals surface area (Å²) in [6, 6.07) is 9.06. The molecule has 0 N–H and O–H groups in total. The standard InChI is InChI=1S/C20H28N2/c1-15-9-6-7-12-18(15)22-16(2)19-13-8-14-21(19)20(22)17-10-4-3-5-11-17/h6-9,12-13,16-17,19-20H,3-5,10-11,14H2,1-2H3/t16-,19?,20?/m0/s1/i14D2. The van der Waals surface area contributed by atoms with Gasteiger partial charge in [-0.3, -0.25) is 4.90 Å². The first-order valence-corrected chi connectivity index (χ1v) is 8.82. The molecule has 0 spiro atoms. The summed E-state index contributed by atoms with van der Waals surface area (Å²) in [5.41, 5.74) is 2.56. The van der Waals surface area contributed by atoms with Gasteiger partial charge in [-0.05, 0) is 44.2 Å². The highest BCUT2D eigenvalue weighted by Crippen LogP contribution is 2.42. The van der Waals surface area contributed by atoms with E-state index >= 15 is 0 Å². The molecule has 3 atom stereocenters. The number of para-hydroxylation sites is 1. The third-order valence-corrected chi connectivity index (χ3v) is 5.81. The maximum atomic E-state index is 8.54. The second-order valence-corrected chi connectivity index (χ2v) is 7.13. The summed E-state index contributed by atoms with van der Waals surface area (Å²) in [6.45, 7) is 3.10. The number of hydrogen-bond donors (Lipinski definition) is 0. The Morgan fingerprint density at radius 3 is 2.68 bits per heavy atom. The minimum absolute atomic E-state index is 0.163.